The molecule has 2 aliphatic heterocycles. The second-order valence-corrected chi connectivity index (χ2v) is 9.44. The average Bonchev–Trinajstić information content (AvgIpc) is 3.06. The number of thiophene rings is 1. The van der Waals surface area contributed by atoms with Gasteiger partial charge in [0, 0.05) is 38.0 Å². The number of carbonyl (C=O) groups is 2. The molecule has 1 aromatic heterocycles. The number of nitrogens with zero attached hydrogens (tertiary/aromatic N) is 2. The summed E-state index contributed by atoms with van der Waals surface area (Å²) >= 11 is 3.40. The Kier molecular flexibility index (Phi) is 5.55. The quantitative estimate of drug-likeness (QED) is 0.763. The van der Waals surface area contributed by atoms with Crippen molar-refractivity contribution in [1.29, 1.82) is 0 Å². The van der Waals surface area contributed by atoms with Crippen LogP contribution in [0.25, 0.3) is 0 Å². The molecule has 1 spiro atoms. The molecule has 24 heavy (non-hydrogen) atoms. The highest BCUT2D eigenvalue weighted by molar-refractivity contribution is 8.01. The van der Waals surface area contributed by atoms with Crippen molar-refractivity contribution in [2.45, 2.75) is 43.7 Å². The first-order chi connectivity index (χ1) is 11.6. The number of amides is 2. The van der Waals surface area contributed by atoms with Gasteiger partial charge in [0.05, 0.1) is 9.09 Å². The maximum atomic E-state index is 12.9. The second kappa shape index (κ2) is 7.48. The molecular formula is C18H26N2O2S2. The molecule has 2 aliphatic rings. The number of hydrogen-bond donors (Lipinski definition) is 0. The zero-order valence-electron chi connectivity index (χ0n) is 14.5. The Balaban J connectivity index is 1.70. The van der Waals surface area contributed by atoms with Gasteiger partial charge in [0.1, 0.15) is 0 Å². The van der Waals surface area contributed by atoms with E-state index in [1.165, 1.54) is 4.21 Å². The Labute approximate surface area is 152 Å². The molecule has 2 saturated heterocycles. The van der Waals surface area contributed by atoms with Crippen molar-refractivity contribution in [1.82, 2.24) is 9.80 Å². The minimum atomic E-state index is 0.107. The van der Waals surface area contributed by atoms with E-state index in [1.54, 1.807) is 23.1 Å². The standard InChI is InChI=1S/C18H26N2O2S2/c1-3-19-12-18(10-8-15(19)21)9-5-11-20(13-18)17(22)14-6-7-16(24-14)23-4-2/h6-7H,3-5,8-13H2,1-2H3/t18-/m0/s1. The smallest absolute Gasteiger partial charge is 0.263 e. The van der Waals surface area contributed by atoms with E-state index in [-0.39, 0.29) is 17.2 Å². The van der Waals surface area contributed by atoms with Crippen LogP contribution < -0.4 is 0 Å². The van der Waals surface area contributed by atoms with Gasteiger partial charge >= 0.3 is 0 Å². The molecule has 6 heteroatoms. The summed E-state index contributed by atoms with van der Waals surface area (Å²) in [4.78, 5) is 29.7. The van der Waals surface area contributed by atoms with Crippen molar-refractivity contribution < 1.29 is 9.59 Å². The minimum absolute atomic E-state index is 0.107. The van der Waals surface area contributed by atoms with Crippen LogP contribution in [0.5, 0.6) is 0 Å². The Morgan fingerprint density at radius 3 is 2.88 bits per heavy atom. The molecule has 0 N–H and O–H groups in total. The van der Waals surface area contributed by atoms with Gasteiger partial charge in [0.2, 0.25) is 5.91 Å². The van der Waals surface area contributed by atoms with Crippen LogP contribution in [0.2, 0.25) is 0 Å². The van der Waals surface area contributed by atoms with Gasteiger partial charge in [-0.15, -0.1) is 23.1 Å². The zero-order valence-corrected chi connectivity index (χ0v) is 16.2. The fraction of sp³-hybridized carbons (Fsp3) is 0.667. The molecule has 0 saturated carbocycles. The summed E-state index contributed by atoms with van der Waals surface area (Å²) in [5.41, 5.74) is 0.107. The molecule has 0 aromatic carbocycles. The van der Waals surface area contributed by atoms with E-state index in [0.717, 1.165) is 56.1 Å². The van der Waals surface area contributed by atoms with E-state index < -0.39 is 0 Å². The molecule has 2 fully saturated rings. The third-order valence-electron chi connectivity index (χ3n) is 5.16. The number of rotatable bonds is 4. The maximum absolute atomic E-state index is 12.9. The van der Waals surface area contributed by atoms with Gasteiger partial charge in [-0.1, -0.05) is 6.92 Å². The summed E-state index contributed by atoms with van der Waals surface area (Å²) < 4.78 is 1.22. The Morgan fingerprint density at radius 2 is 2.12 bits per heavy atom. The minimum Gasteiger partial charge on any atom is -0.342 e. The van der Waals surface area contributed by atoms with Crippen LogP contribution in [0.3, 0.4) is 0 Å². The number of carbonyl (C=O) groups excluding carboxylic acids is 2. The monoisotopic (exact) mass is 366 g/mol. The molecule has 4 nitrogen and oxygen atoms in total. The van der Waals surface area contributed by atoms with Crippen molar-refractivity contribution in [3.05, 3.63) is 17.0 Å². The topological polar surface area (TPSA) is 40.6 Å². The first kappa shape index (κ1) is 17.8. The van der Waals surface area contributed by atoms with E-state index in [2.05, 4.69) is 13.0 Å². The third-order valence-corrected chi connectivity index (χ3v) is 7.34. The van der Waals surface area contributed by atoms with Crippen molar-refractivity contribution in [2.24, 2.45) is 5.41 Å². The number of likely N-dealkylation sites (tertiary alicyclic amines) is 2. The average molecular weight is 367 g/mol. The molecule has 3 rings (SSSR count). The van der Waals surface area contributed by atoms with Crippen molar-refractivity contribution in [3.63, 3.8) is 0 Å². The first-order valence-corrected chi connectivity index (χ1v) is 10.7. The highest BCUT2D eigenvalue weighted by Crippen LogP contribution is 2.39. The van der Waals surface area contributed by atoms with Crippen molar-refractivity contribution in [3.8, 4) is 0 Å². The lowest BCUT2D eigenvalue weighted by Crippen LogP contribution is -2.54. The number of thioether (sulfide) groups is 1. The van der Waals surface area contributed by atoms with Crippen LogP contribution in [-0.2, 0) is 4.79 Å². The van der Waals surface area contributed by atoms with Crippen LogP contribution >= 0.6 is 23.1 Å². The molecule has 0 radical (unpaired) electrons. The van der Waals surface area contributed by atoms with Gasteiger partial charge in [0.15, 0.2) is 0 Å². The highest BCUT2D eigenvalue weighted by atomic mass is 32.2. The third kappa shape index (κ3) is 3.64. The van der Waals surface area contributed by atoms with Crippen LogP contribution in [0.15, 0.2) is 16.3 Å². The van der Waals surface area contributed by atoms with Crippen LogP contribution in [-0.4, -0.2) is 53.5 Å². The van der Waals surface area contributed by atoms with Gasteiger partial charge in [-0.2, -0.15) is 0 Å². The molecule has 3 heterocycles. The first-order valence-electron chi connectivity index (χ1n) is 8.86. The van der Waals surface area contributed by atoms with Crippen molar-refractivity contribution >= 4 is 34.9 Å². The number of hydrogen-bond acceptors (Lipinski definition) is 4. The molecule has 2 amide bonds. The summed E-state index contributed by atoms with van der Waals surface area (Å²) in [7, 11) is 0. The normalized spacial score (nSPS) is 24.7. The van der Waals surface area contributed by atoms with E-state index >= 15 is 0 Å². The fourth-order valence-electron chi connectivity index (χ4n) is 3.92. The zero-order chi connectivity index (χ0) is 17.2. The molecule has 0 bridgehead atoms. The molecular weight excluding hydrogens is 340 g/mol. The lowest BCUT2D eigenvalue weighted by molar-refractivity contribution is -0.138. The summed E-state index contributed by atoms with van der Waals surface area (Å²) in [6.45, 7) is 7.40. The van der Waals surface area contributed by atoms with Crippen LogP contribution in [0.4, 0.5) is 0 Å². The molecule has 0 aliphatic carbocycles. The Morgan fingerprint density at radius 1 is 1.29 bits per heavy atom. The highest BCUT2D eigenvalue weighted by Gasteiger charge is 2.42. The Hall–Kier alpha value is -1.01. The van der Waals surface area contributed by atoms with Crippen LogP contribution in [0.1, 0.15) is 49.2 Å². The number of piperidine rings is 2. The van der Waals surface area contributed by atoms with E-state index in [9.17, 15) is 9.59 Å². The van der Waals surface area contributed by atoms with Crippen LogP contribution in [0, 0.1) is 5.41 Å². The second-order valence-electron chi connectivity index (χ2n) is 6.79. The summed E-state index contributed by atoms with van der Waals surface area (Å²) in [6.07, 6.45) is 3.72. The van der Waals surface area contributed by atoms with Crippen molar-refractivity contribution in [2.75, 3.05) is 31.9 Å². The summed E-state index contributed by atoms with van der Waals surface area (Å²) in [6, 6.07) is 4.03. The van der Waals surface area contributed by atoms with Gasteiger partial charge in [0.25, 0.3) is 5.91 Å². The van der Waals surface area contributed by atoms with E-state index in [1.807, 2.05) is 22.8 Å². The molecule has 132 valence electrons. The molecule has 0 unspecified atom stereocenters. The Bertz CT molecular complexity index is 616. The summed E-state index contributed by atoms with van der Waals surface area (Å²) in [5.74, 6) is 1.47. The lowest BCUT2D eigenvalue weighted by Gasteiger charge is -2.48. The fourth-order valence-corrected chi connectivity index (χ4v) is 5.93. The van der Waals surface area contributed by atoms with Gasteiger partial charge in [-0.3, -0.25) is 9.59 Å². The predicted octanol–water partition coefficient (Wildman–Crippen LogP) is 3.72. The molecule has 1 atom stereocenters. The van der Waals surface area contributed by atoms with Gasteiger partial charge in [-0.05, 0) is 44.1 Å². The van der Waals surface area contributed by atoms with Gasteiger partial charge < -0.3 is 9.80 Å². The SMILES string of the molecule is CCSc1ccc(C(=O)N2CCC[C@@]3(CCC(=O)N(CC)C3)C2)s1. The van der Waals surface area contributed by atoms with Gasteiger partial charge in [-0.25, -0.2) is 0 Å². The van der Waals surface area contributed by atoms with E-state index in [0.29, 0.717) is 6.42 Å². The molecule has 1 aromatic rings. The lowest BCUT2D eigenvalue weighted by atomic mass is 9.73. The largest absolute Gasteiger partial charge is 0.342 e. The predicted molar refractivity (Wildman–Crippen MR) is 99.8 cm³/mol. The van der Waals surface area contributed by atoms with E-state index in [4.69, 9.17) is 0 Å². The summed E-state index contributed by atoms with van der Waals surface area (Å²) in [5, 5.41) is 0. The maximum Gasteiger partial charge on any atom is 0.263 e.